The van der Waals surface area contributed by atoms with E-state index in [-0.39, 0.29) is 5.60 Å². The summed E-state index contributed by atoms with van der Waals surface area (Å²) in [6.45, 7) is 11.4. The van der Waals surface area contributed by atoms with Gasteiger partial charge >= 0.3 is 0 Å². The normalized spacial score (nSPS) is 11.6. The lowest BCUT2D eigenvalue weighted by Crippen LogP contribution is -2.37. The molecule has 0 unspecified atom stereocenters. The van der Waals surface area contributed by atoms with Crippen LogP contribution in [0.25, 0.3) is 0 Å². The lowest BCUT2D eigenvalue weighted by molar-refractivity contribution is -0.00897. The van der Waals surface area contributed by atoms with Crippen LogP contribution >= 0.6 is 0 Å². The maximum Gasteiger partial charge on any atom is 0.119 e. The third-order valence-corrected chi connectivity index (χ3v) is 2.65. The monoisotopic (exact) mass is 251 g/mol. The number of ether oxygens (including phenoxy) is 2. The van der Waals surface area contributed by atoms with Gasteiger partial charge in [-0.3, -0.25) is 0 Å². The summed E-state index contributed by atoms with van der Waals surface area (Å²) < 4.78 is 11.0. The Kier molecular flexibility index (Phi) is 6.16. The highest BCUT2D eigenvalue weighted by Crippen LogP contribution is 2.12. The molecule has 0 bridgehead atoms. The van der Waals surface area contributed by atoms with Gasteiger partial charge in [0, 0.05) is 19.7 Å². The quantitative estimate of drug-likeness (QED) is 0.770. The second-order valence-corrected chi connectivity index (χ2v) is 4.87. The summed E-state index contributed by atoms with van der Waals surface area (Å²) >= 11 is 0. The molecule has 0 aromatic heterocycles. The zero-order valence-electron chi connectivity index (χ0n) is 12.0. The van der Waals surface area contributed by atoms with Gasteiger partial charge < -0.3 is 14.8 Å². The summed E-state index contributed by atoms with van der Waals surface area (Å²) in [6.07, 6.45) is 0. The first-order chi connectivity index (χ1) is 8.57. The minimum absolute atomic E-state index is 0.111. The minimum Gasteiger partial charge on any atom is -0.494 e. The van der Waals surface area contributed by atoms with Gasteiger partial charge in [-0.25, -0.2) is 0 Å². The Morgan fingerprint density at radius 3 is 2.28 bits per heavy atom. The molecule has 0 aliphatic heterocycles. The molecule has 0 heterocycles. The molecule has 3 heteroatoms. The first-order valence-electron chi connectivity index (χ1n) is 6.64. The molecular formula is C15H25NO2. The van der Waals surface area contributed by atoms with E-state index >= 15 is 0 Å². The van der Waals surface area contributed by atoms with Gasteiger partial charge in [-0.05, 0) is 45.4 Å². The van der Waals surface area contributed by atoms with Crippen molar-refractivity contribution in [3.05, 3.63) is 29.8 Å². The molecule has 0 aliphatic rings. The highest BCUT2D eigenvalue weighted by atomic mass is 16.5. The van der Waals surface area contributed by atoms with Crippen LogP contribution in [-0.2, 0) is 11.3 Å². The van der Waals surface area contributed by atoms with Gasteiger partial charge in [0.25, 0.3) is 0 Å². The van der Waals surface area contributed by atoms with Gasteiger partial charge in [0.1, 0.15) is 5.75 Å². The fourth-order valence-electron chi connectivity index (χ4n) is 1.82. The summed E-state index contributed by atoms with van der Waals surface area (Å²) in [7, 11) is 0. The molecule has 0 aliphatic carbocycles. The van der Waals surface area contributed by atoms with Gasteiger partial charge in [-0.15, -0.1) is 0 Å². The van der Waals surface area contributed by atoms with E-state index in [4.69, 9.17) is 9.47 Å². The minimum atomic E-state index is -0.111. The molecule has 0 radical (unpaired) electrons. The molecule has 0 atom stereocenters. The first kappa shape index (κ1) is 15.0. The second-order valence-electron chi connectivity index (χ2n) is 4.87. The van der Waals surface area contributed by atoms with E-state index < -0.39 is 0 Å². The zero-order chi connectivity index (χ0) is 13.4. The molecule has 0 saturated heterocycles. The van der Waals surface area contributed by atoms with Crippen LogP contribution in [0.2, 0.25) is 0 Å². The lowest BCUT2D eigenvalue weighted by atomic mass is 10.1. The Balaban J connectivity index is 2.35. The molecule has 3 nitrogen and oxygen atoms in total. The SMILES string of the molecule is CCOc1ccc(CNCC(C)(C)OCC)cc1. The molecular weight excluding hydrogens is 226 g/mol. The molecule has 0 saturated carbocycles. The fraction of sp³-hybridized carbons (Fsp3) is 0.600. The highest BCUT2D eigenvalue weighted by Gasteiger charge is 2.16. The number of benzene rings is 1. The Morgan fingerprint density at radius 1 is 1.06 bits per heavy atom. The predicted molar refractivity (Wildman–Crippen MR) is 75.0 cm³/mol. The summed E-state index contributed by atoms with van der Waals surface area (Å²) in [5.74, 6) is 0.927. The van der Waals surface area contributed by atoms with Crippen molar-refractivity contribution in [2.75, 3.05) is 19.8 Å². The van der Waals surface area contributed by atoms with Crippen molar-refractivity contribution in [3.63, 3.8) is 0 Å². The van der Waals surface area contributed by atoms with Crippen LogP contribution in [0.3, 0.4) is 0 Å². The van der Waals surface area contributed by atoms with Gasteiger partial charge in [0.2, 0.25) is 0 Å². The maximum absolute atomic E-state index is 5.64. The number of hydrogen-bond donors (Lipinski definition) is 1. The van der Waals surface area contributed by atoms with Crippen molar-refractivity contribution in [3.8, 4) is 5.75 Å². The van der Waals surface area contributed by atoms with Crippen molar-refractivity contribution < 1.29 is 9.47 Å². The van der Waals surface area contributed by atoms with Crippen molar-refractivity contribution in [1.82, 2.24) is 5.32 Å². The van der Waals surface area contributed by atoms with E-state index in [2.05, 4.69) is 31.3 Å². The standard InChI is InChI=1S/C15H25NO2/c1-5-17-14-9-7-13(8-10-14)11-16-12-15(3,4)18-6-2/h7-10,16H,5-6,11-12H2,1-4H3. The predicted octanol–water partition coefficient (Wildman–Crippen LogP) is 2.99. The summed E-state index contributed by atoms with van der Waals surface area (Å²) in [5, 5.41) is 3.41. The molecule has 1 N–H and O–H groups in total. The lowest BCUT2D eigenvalue weighted by Gasteiger charge is -2.25. The van der Waals surface area contributed by atoms with E-state index in [1.807, 2.05) is 26.0 Å². The third-order valence-electron chi connectivity index (χ3n) is 2.65. The third kappa shape index (κ3) is 5.52. The van der Waals surface area contributed by atoms with E-state index in [9.17, 15) is 0 Å². The maximum atomic E-state index is 5.64. The Labute approximate surface area is 110 Å². The molecule has 0 amide bonds. The fourth-order valence-corrected chi connectivity index (χ4v) is 1.82. The molecule has 0 spiro atoms. The van der Waals surface area contributed by atoms with E-state index in [0.29, 0.717) is 6.61 Å². The van der Waals surface area contributed by atoms with Gasteiger partial charge in [0.15, 0.2) is 0 Å². The van der Waals surface area contributed by atoms with Gasteiger partial charge in [-0.2, -0.15) is 0 Å². The molecule has 1 aromatic carbocycles. The topological polar surface area (TPSA) is 30.5 Å². The largest absolute Gasteiger partial charge is 0.494 e. The van der Waals surface area contributed by atoms with Crippen molar-refractivity contribution in [2.45, 2.75) is 39.8 Å². The van der Waals surface area contributed by atoms with Crippen LogP contribution < -0.4 is 10.1 Å². The van der Waals surface area contributed by atoms with Gasteiger partial charge in [0.05, 0.1) is 12.2 Å². The number of hydrogen-bond acceptors (Lipinski definition) is 3. The van der Waals surface area contributed by atoms with Crippen LogP contribution in [0.5, 0.6) is 5.75 Å². The van der Waals surface area contributed by atoms with Crippen molar-refractivity contribution in [1.29, 1.82) is 0 Å². The first-order valence-corrected chi connectivity index (χ1v) is 6.64. The highest BCUT2D eigenvalue weighted by molar-refractivity contribution is 5.27. The van der Waals surface area contributed by atoms with Crippen LogP contribution in [0, 0.1) is 0 Å². The molecule has 1 rings (SSSR count). The van der Waals surface area contributed by atoms with Gasteiger partial charge in [-0.1, -0.05) is 12.1 Å². The average Bonchev–Trinajstić information content (AvgIpc) is 2.31. The molecule has 18 heavy (non-hydrogen) atoms. The Morgan fingerprint density at radius 2 is 1.72 bits per heavy atom. The summed E-state index contributed by atoms with van der Waals surface area (Å²) in [5.41, 5.74) is 1.14. The molecule has 1 aromatic rings. The van der Waals surface area contributed by atoms with Crippen LogP contribution in [-0.4, -0.2) is 25.4 Å². The van der Waals surface area contributed by atoms with E-state index in [1.54, 1.807) is 0 Å². The smallest absolute Gasteiger partial charge is 0.119 e. The molecule has 0 fully saturated rings. The van der Waals surface area contributed by atoms with Crippen molar-refractivity contribution in [2.24, 2.45) is 0 Å². The van der Waals surface area contributed by atoms with Crippen molar-refractivity contribution >= 4 is 0 Å². The Hall–Kier alpha value is -1.06. The van der Waals surface area contributed by atoms with Crippen LogP contribution in [0.4, 0.5) is 0 Å². The average molecular weight is 251 g/mol. The zero-order valence-corrected chi connectivity index (χ0v) is 12.0. The number of rotatable bonds is 8. The van der Waals surface area contributed by atoms with E-state index in [1.165, 1.54) is 5.56 Å². The number of nitrogens with one attached hydrogen (secondary N) is 1. The van der Waals surface area contributed by atoms with E-state index in [0.717, 1.165) is 25.4 Å². The van der Waals surface area contributed by atoms with Crippen LogP contribution in [0.1, 0.15) is 33.3 Å². The Bertz CT molecular complexity index is 333. The molecule has 102 valence electrons. The second kappa shape index (κ2) is 7.39. The summed E-state index contributed by atoms with van der Waals surface area (Å²) in [6, 6.07) is 8.19. The summed E-state index contributed by atoms with van der Waals surface area (Å²) in [4.78, 5) is 0. The van der Waals surface area contributed by atoms with Crippen LogP contribution in [0.15, 0.2) is 24.3 Å².